The van der Waals surface area contributed by atoms with Gasteiger partial charge in [-0.25, -0.2) is 15.0 Å². The maximum atomic E-state index is 12.7. The van der Waals surface area contributed by atoms with Crippen LogP contribution in [0.2, 0.25) is 0 Å². The Labute approximate surface area is 195 Å². The summed E-state index contributed by atoms with van der Waals surface area (Å²) < 4.78 is 32.8. The molecule has 0 spiro atoms. The zero-order valence-corrected chi connectivity index (χ0v) is 18.0. The predicted molar refractivity (Wildman–Crippen MR) is 123 cm³/mol. The number of rotatable bonds is 8. The lowest BCUT2D eigenvalue weighted by atomic mass is 10.1. The molecule has 2 amide bonds. The normalized spacial score (nSPS) is 14.3. The molecule has 10 nitrogen and oxygen atoms in total. The molecule has 1 aliphatic rings. The molecule has 3 N–H and O–H groups in total. The maximum absolute atomic E-state index is 12.7. The van der Waals surface area contributed by atoms with Crippen molar-refractivity contribution in [2.24, 2.45) is 5.92 Å². The molecule has 0 radical (unpaired) electrons. The Morgan fingerprint density at radius 2 is 1.91 bits per heavy atom. The lowest BCUT2D eigenvalue weighted by Crippen LogP contribution is -2.20. The van der Waals surface area contributed by atoms with Crippen molar-refractivity contribution in [1.29, 1.82) is 0 Å². The molecule has 33 heavy (non-hydrogen) atoms. The van der Waals surface area contributed by atoms with E-state index in [1.54, 1.807) is 18.2 Å². The van der Waals surface area contributed by atoms with Gasteiger partial charge in [-0.1, -0.05) is 6.07 Å². The summed E-state index contributed by atoms with van der Waals surface area (Å²) in [5.41, 5.74) is 1.77. The minimum Gasteiger partial charge on any atom is -0.494 e. The number of pyridine rings is 1. The van der Waals surface area contributed by atoms with Gasteiger partial charge in [0, 0.05) is 34.8 Å². The van der Waals surface area contributed by atoms with Crippen molar-refractivity contribution >= 4 is 29.0 Å². The van der Waals surface area contributed by atoms with Crippen LogP contribution in [0.1, 0.15) is 27.3 Å². The molecular formula is C23H24N6O4. The van der Waals surface area contributed by atoms with Gasteiger partial charge in [0.05, 0.1) is 49.2 Å². The Morgan fingerprint density at radius 3 is 2.58 bits per heavy atom. The van der Waals surface area contributed by atoms with E-state index in [9.17, 15) is 9.59 Å². The van der Waals surface area contributed by atoms with Crippen LogP contribution in [0.15, 0.2) is 42.9 Å². The molecule has 1 fully saturated rings. The summed E-state index contributed by atoms with van der Waals surface area (Å²) in [5.74, 6) is -0.0962. The van der Waals surface area contributed by atoms with Crippen LogP contribution < -0.4 is 25.4 Å². The summed E-state index contributed by atoms with van der Waals surface area (Å²) >= 11 is 0. The minimum atomic E-state index is -2.70. The van der Waals surface area contributed by atoms with Crippen molar-refractivity contribution in [2.75, 3.05) is 31.8 Å². The van der Waals surface area contributed by atoms with Crippen LogP contribution >= 0.6 is 0 Å². The predicted octanol–water partition coefficient (Wildman–Crippen LogP) is 3.01. The van der Waals surface area contributed by atoms with E-state index in [0.717, 1.165) is 12.8 Å². The van der Waals surface area contributed by atoms with E-state index in [-0.39, 0.29) is 28.9 Å². The van der Waals surface area contributed by atoms with Crippen molar-refractivity contribution in [3.05, 3.63) is 48.4 Å². The van der Waals surface area contributed by atoms with Crippen LogP contribution in [-0.4, -0.2) is 48.0 Å². The number of anilines is 3. The van der Waals surface area contributed by atoms with Crippen LogP contribution in [0.25, 0.3) is 11.3 Å². The zero-order chi connectivity index (χ0) is 25.9. The number of aromatic nitrogens is 3. The van der Waals surface area contributed by atoms with E-state index < -0.39 is 12.9 Å². The molecule has 0 saturated heterocycles. The first-order valence-electron chi connectivity index (χ1n) is 11.6. The standard InChI is InChI=1S/C23H24N6O4/c1-24-23(31)15-10-26-19(29-22(30)13-7-8-13)9-17(15)28-16-6-4-5-14(21(16)33-3)18-11-27-20(32-2)12-25-18/h4-6,9-13H,7-8H2,1-3H3,(H,24,31)(H2,26,28,29,30)/i1D3. The largest absolute Gasteiger partial charge is 0.494 e. The first-order chi connectivity index (χ1) is 17.2. The SMILES string of the molecule is [2H]C([2H])([2H])NC(=O)c1cnc(NC(=O)C2CC2)cc1Nc1cccc(-c2cnc(OC)cn2)c1OC. The molecule has 1 saturated carbocycles. The quantitative estimate of drug-likeness (QED) is 0.477. The monoisotopic (exact) mass is 451 g/mol. The first kappa shape index (κ1) is 18.4. The van der Waals surface area contributed by atoms with Crippen molar-refractivity contribution in [1.82, 2.24) is 20.3 Å². The Bertz CT molecular complexity index is 1280. The number of para-hydroxylation sites is 1. The van der Waals surface area contributed by atoms with E-state index in [0.29, 0.717) is 28.6 Å². The Hall–Kier alpha value is -4.21. The fourth-order valence-corrected chi connectivity index (χ4v) is 3.21. The van der Waals surface area contributed by atoms with Gasteiger partial charge in [-0.15, -0.1) is 0 Å². The molecule has 0 unspecified atom stereocenters. The smallest absolute Gasteiger partial charge is 0.254 e. The van der Waals surface area contributed by atoms with Crippen LogP contribution in [0.4, 0.5) is 17.2 Å². The summed E-state index contributed by atoms with van der Waals surface area (Å²) in [4.78, 5) is 37.6. The fourth-order valence-electron chi connectivity index (χ4n) is 3.21. The maximum Gasteiger partial charge on any atom is 0.254 e. The van der Waals surface area contributed by atoms with E-state index >= 15 is 0 Å². The molecule has 10 heteroatoms. The van der Waals surface area contributed by atoms with Crippen molar-refractivity contribution in [3.63, 3.8) is 0 Å². The number of methoxy groups -OCH3 is 2. The van der Waals surface area contributed by atoms with Crippen LogP contribution in [0.3, 0.4) is 0 Å². The highest BCUT2D eigenvalue weighted by Crippen LogP contribution is 2.38. The number of carbonyl (C=O) groups is 2. The zero-order valence-electron chi connectivity index (χ0n) is 21.0. The molecule has 4 rings (SSSR count). The lowest BCUT2D eigenvalue weighted by molar-refractivity contribution is -0.117. The number of carbonyl (C=O) groups excluding carboxylic acids is 2. The Balaban J connectivity index is 1.72. The highest BCUT2D eigenvalue weighted by Gasteiger charge is 2.30. The van der Waals surface area contributed by atoms with Crippen LogP contribution in [-0.2, 0) is 4.79 Å². The summed E-state index contributed by atoms with van der Waals surface area (Å²) in [7, 11) is 2.97. The Kier molecular flexibility index (Phi) is 5.30. The lowest BCUT2D eigenvalue weighted by Gasteiger charge is -2.17. The number of benzene rings is 1. The molecule has 2 heterocycles. The summed E-state index contributed by atoms with van der Waals surface area (Å²) in [6.45, 7) is -2.70. The van der Waals surface area contributed by atoms with Crippen molar-refractivity contribution in [2.45, 2.75) is 12.8 Å². The second-order valence-corrected chi connectivity index (χ2v) is 7.29. The van der Waals surface area contributed by atoms with Gasteiger partial charge < -0.3 is 25.4 Å². The van der Waals surface area contributed by atoms with Crippen LogP contribution in [0.5, 0.6) is 11.6 Å². The van der Waals surface area contributed by atoms with Gasteiger partial charge in [-0.05, 0) is 25.0 Å². The van der Waals surface area contributed by atoms with Crippen LogP contribution in [0, 0.1) is 5.92 Å². The molecule has 1 aromatic carbocycles. The fraction of sp³-hybridized carbons (Fsp3) is 0.261. The van der Waals surface area contributed by atoms with E-state index in [1.165, 1.54) is 38.9 Å². The number of nitrogens with zero attached hydrogens (tertiary/aromatic N) is 3. The summed E-state index contributed by atoms with van der Waals surface area (Å²) in [6.07, 6.45) is 5.84. The highest BCUT2D eigenvalue weighted by atomic mass is 16.5. The molecule has 0 bridgehead atoms. The molecule has 1 aliphatic carbocycles. The van der Waals surface area contributed by atoms with E-state index in [1.807, 2.05) is 5.32 Å². The highest BCUT2D eigenvalue weighted by molar-refractivity contribution is 6.01. The average Bonchev–Trinajstić information content (AvgIpc) is 3.69. The molecule has 2 aromatic heterocycles. The average molecular weight is 452 g/mol. The number of ether oxygens (including phenoxy) is 2. The number of hydrogen-bond acceptors (Lipinski definition) is 8. The third-order valence-electron chi connectivity index (χ3n) is 5.06. The summed E-state index contributed by atoms with van der Waals surface area (Å²) in [5, 5.41) is 7.80. The number of hydrogen-bond donors (Lipinski definition) is 3. The molecule has 3 aromatic rings. The van der Waals surface area contributed by atoms with Gasteiger partial charge in [-0.2, -0.15) is 0 Å². The molecular weight excluding hydrogens is 424 g/mol. The van der Waals surface area contributed by atoms with E-state index in [4.69, 9.17) is 13.6 Å². The van der Waals surface area contributed by atoms with Gasteiger partial charge in [-0.3, -0.25) is 9.59 Å². The van der Waals surface area contributed by atoms with Gasteiger partial charge in [0.1, 0.15) is 5.82 Å². The Morgan fingerprint density at radius 1 is 1.06 bits per heavy atom. The van der Waals surface area contributed by atoms with Gasteiger partial charge >= 0.3 is 0 Å². The van der Waals surface area contributed by atoms with Gasteiger partial charge in [0.15, 0.2) is 5.75 Å². The summed E-state index contributed by atoms with van der Waals surface area (Å²) in [6, 6.07) is 6.73. The van der Waals surface area contributed by atoms with Crippen molar-refractivity contribution < 1.29 is 23.2 Å². The van der Waals surface area contributed by atoms with Gasteiger partial charge in [0.25, 0.3) is 5.91 Å². The number of amides is 2. The second-order valence-electron chi connectivity index (χ2n) is 7.29. The first-order valence-corrected chi connectivity index (χ1v) is 10.1. The topological polar surface area (TPSA) is 127 Å². The second kappa shape index (κ2) is 9.51. The third kappa shape index (κ3) is 4.84. The minimum absolute atomic E-state index is 0.0350. The molecule has 0 atom stereocenters. The third-order valence-corrected chi connectivity index (χ3v) is 5.06. The van der Waals surface area contributed by atoms with Gasteiger partial charge in [0.2, 0.25) is 11.8 Å². The van der Waals surface area contributed by atoms with E-state index in [2.05, 4.69) is 25.6 Å². The number of nitrogens with one attached hydrogen (secondary N) is 3. The van der Waals surface area contributed by atoms with Crippen molar-refractivity contribution in [3.8, 4) is 22.9 Å². The molecule has 170 valence electrons. The molecule has 0 aliphatic heterocycles.